The van der Waals surface area contributed by atoms with Gasteiger partial charge < -0.3 is 18.2 Å². The molecule has 2 rings (SSSR count). The van der Waals surface area contributed by atoms with E-state index in [1.54, 1.807) is 0 Å². The van der Waals surface area contributed by atoms with Crippen LogP contribution in [0, 0.1) is 6.92 Å². The zero-order chi connectivity index (χ0) is 19.2. The lowest BCUT2D eigenvalue weighted by molar-refractivity contribution is 0.00578. The number of esters is 1. The van der Waals surface area contributed by atoms with E-state index in [9.17, 15) is 17.1 Å². The van der Waals surface area contributed by atoms with E-state index in [0.717, 1.165) is 0 Å². The zero-order valence-electron chi connectivity index (χ0n) is 14.9. The van der Waals surface area contributed by atoms with Gasteiger partial charge in [0.2, 0.25) is 0 Å². The maximum Gasteiger partial charge on any atom is 0.494 e. The van der Waals surface area contributed by atoms with Crippen molar-refractivity contribution in [2.75, 3.05) is 7.11 Å². The summed E-state index contributed by atoms with van der Waals surface area (Å²) in [6.45, 7) is 8.77. The van der Waals surface area contributed by atoms with Crippen LogP contribution in [0.5, 0.6) is 5.75 Å². The fraction of sp³-hybridized carbons (Fsp3) is 0.533. The molecule has 0 N–H and O–H groups in total. The molecule has 0 saturated carbocycles. The summed E-state index contributed by atoms with van der Waals surface area (Å²) in [5.41, 5.74) is -0.854. The lowest BCUT2D eigenvalue weighted by Gasteiger charge is -2.32. The van der Waals surface area contributed by atoms with Crippen LogP contribution in [0.1, 0.15) is 43.6 Å². The van der Waals surface area contributed by atoms with E-state index in [1.807, 2.05) is 27.7 Å². The first-order chi connectivity index (χ1) is 11.3. The Balaban J connectivity index is 2.56. The third-order valence-electron chi connectivity index (χ3n) is 4.50. The van der Waals surface area contributed by atoms with E-state index >= 15 is 0 Å². The van der Waals surface area contributed by atoms with Crippen molar-refractivity contribution in [3.63, 3.8) is 0 Å². The topological polar surface area (TPSA) is 88.1 Å². The second-order valence-corrected chi connectivity index (χ2v) is 7.70. The highest BCUT2D eigenvalue weighted by atomic mass is 32.3. The normalized spacial score (nSPS) is 18.9. The molecule has 1 aromatic carbocycles. The Kier molecular flexibility index (Phi) is 4.93. The molecule has 0 aromatic heterocycles. The van der Waals surface area contributed by atoms with Gasteiger partial charge in [-0.1, -0.05) is 3.89 Å². The van der Waals surface area contributed by atoms with Gasteiger partial charge in [-0.2, -0.15) is 8.42 Å². The number of ether oxygens (including phenoxy) is 1. The van der Waals surface area contributed by atoms with E-state index in [-0.39, 0.29) is 16.9 Å². The quantitative estimate of drug-likeness (QED) is 0.450. The molecule has 1 aliphatic heterocycles. The number of hydrogen-bond donors (Lipinski definition) is 0. The number of halogens is 1. The molecule has 0 aliphatic carbocycles. The summed E-state index contributed by atoms with van der Waals surface area (Å²) in [5, 5.41) is 0. The van der Waals surface area contributed by atoms with E-state index in [2.05, 4.69) is 8.92 Å². The molecule has 7 nitrogen and oxygen atoms in total. The number of methoxy groups -OCH3 is 1. The van der Waals surface area contributed by atoms with Crippen molar-refractivity contribution in [3.05, 3.63) is 23.3 Å². The van der Waals surface area contributed by atoms with Crippen LogP contribution in [-0.4, -0.2) is 39.8 Å². The molecule has 0 spiro atoms. The van der Waals surface area contributed by atoms with Gasteiger partial charge in [-0.15, -0.1) is 0 Å². The minimum Gasteiger partial charge on any atom is -0.465 e. The molecule has 1 heterocycles. The Labute approximate surface area is 147 Å². The molecule has 0 unspecified atom stereocenters. The first-order valence-corrected chi connectivity index (χ1v) is 8.81. The highest BCUT2D eigenvalue weighted by molar-refractivity contribution is 7.81. The largest absolute Gasteiger partial charge is 0.494 e. The minimum absolute atomic E-state index is 0.0216. The maximum atomic E-state index is 13.0. The lowest BCUT2D eigenvalue weighted by Crippen LogP contribution is -2.41. The van der Waals surface area contributed by atoms with Gasteiger partial charge in [0, 0.05) is 5.56 Å². The van der Waals surface area contributed by atoms with Gasteiger partial charge in [0.1, 0.15) is 5.75 Å². The summed E-state index contributed by atoms with van der Waals surface area (Å²) < 4.78 is 55.5. The fourth-order valence-electron chi connectivity index (χ4n) is 2.34. The predicted molar refractivity (Wildman–Crippen MR) is 88.9 cm³/mol. The molecule has 1 aromatic rings. The van der Waals surface area contributed by atoms with Gasteiger partial charge in [-0.3, -0.25) is 0 Å². The molecule has 25 heavy (non-hydrogen) atoms. The molecular weight excluding hydrogens is 354 g/mol. The summed E-state index contributed by atoms with van der Waals surface area (Å²) in [4.78, 5) is 12.0. The molecule has 0 radical (unpaired) electrons. The fourth-order valence-corrected chi connectivity index (χ4v) is 2.73. The van der Waals surface area contributed by atoms with Gasteiger partial charge >= 0.3 is 23.6 Å². The van der Waals surface area contributed by atoms with Crippen LogP contribution in [0.15, 0.2) is 12.1 Å². The van der Waals surface area contributed by atoms with Crippen molar-refractivity contribution >= 4 is 29.1 Å². The molecule has 0 bridgehead atoms. The van der Waals surface area contributed by atoms with Crippen molar-refractivity contribution in [2.45, 2.75) is 45.8 Å². The van der Waals surface area contributed by atoms with Gasteiger partial charge in [0.15, 0.2) is 0 Å². The van der Waals surface area contributed by atoms with Gasteiger partial charge in [-0.05, 0) is 52.2 Å². The summed E-state index contributed by atoms with van der Waals surface area (Å²) in [6, 6.07) is 2.71. The standard InChI is InChI=1S/C15H20BFO7S/c1-9-11(13(18)21-6)7-10(8-12(9)22-25(17,19)20)16-23-14(2,3)15(4,5)24-16/h7-8H,1-6H3. The van der Waals surface area contributed by atoms with Crippen LogP contribution in [0.4, 0.5) is 3.89 Å². The molecule has 10 heteroatoms. The summed E-state index contributed by atoms with van der Waals surface area (Å²) >= 11 is 0. The predicted octanol–water partition coefficient (Wildman–Crippen LogP) is 1.67. The smallest absolute Gasteiger partial charge is 0.465 e. The molecular formula is C15H20BFO7S. The van der Waals surface area contributed by atoms with E-state index in [1.165, 1.54) is 26.2 Å². The van der Waals surface area contributed by atoms with Crippen LogP contribution in [0.25, 0.3) is 0 Å². The average molecular weight is 374 g/mol. The van der Waals surface area contributed by atoms with Crippen molar-refractivity contribution in [3.8, 4) is 5.75 Å². The molecule has 1 saturated heterocycles. The summed E-state index contributed by atoms with van der Waals surface area (Å²) in [6.07, 6.45) is 0. The lowest BCUT2D eigenvalue weighted by atomic mass is 9.77. The minimum atomic E-state index is -5.27. The second kappa shape index (κ2) is 6.26. The molecule has 138 valence electrons. The Morgan fingerprint density at radius 3 is 2.12 bits per heavy atom. The van der Waals surface area contributed by atoms with Gasteiger partial charge in [0.05, 0.1) is 23.9 Å². The number of carbonyl (C=O) groups excluding carboxylic acids is 1. The highest BCUT2D eigenvalue weighted by Crippen LogP contribution is 2.37. The van der Waals surface area contributed by atoms with Gasteiger partial charge in [-0.25, -0.2) is 4.79 Å². The molecule has 1 aliphatic rings. The van der Waals surface area contributed by atoms with Crippen LogP contribution in [0.3, 0.4) is 0 Å². The third kappa shape index (κ3) is 3.96. The highest BCUT2D eigenvalue weighted by Gasteiger charge is 2.52. The Bertz CT molecular complexity index is 788. The Hall–Kier alpha value is -1.65. The van der Waals surface area contributed by atoms with Crippen LogP contribution < -0.4 is 9.65 Å². The number of carbonyl (C=O) groups is 1. The van der Waals surface area contributed by atoms with Crippen LogP contribution in [-0.2, 0) is 24.5 Å². The average Bonchev–Trinajstić information content (AvgIpc) is 2.67. The third-order valence-corrected chi connectivity index (χ3v) is 4.88. The van der Waals surface area contributed by atoms with Crippen molar-refractivity contribution in [2.24, 2.45) is 0 Å². The maximum absolute atomic E-state index is 13.0. The second-order valence-electron chi connectivity index (χ2n) is 6.75. The number of hydrogen-bond acceptors (Lipinski definition) is 7. The molecule has 0 amide bonds. The first kappa shape index (κ1) is 19.7. The summed E-state index contributed by atoms with van der Waals surface area (Å²) in [7, 11) is -4.98. The SMILES string of the molecule is COC(=O)c1cc(B2OC(C)(C)C(C)(C)O2)cc(OS(=O)(=O)F)c1C. The van der Waals surface area contributed by atoms with Crippen molar-refractivity contribution in [1.82, 2.24) is 0 Å². The number of rotatable bonds is 4. The van der Waals surface area contributed by atoms with Crippen LogP contribution in [0.2, 0.25) is 0 Å². The van der Waals surface area contributed by atoms with E-state index in [0.29, 0.717) is 5.46 Å². The monoisotopic (exact) mass is 374 g/mol. The van der Waals surface area contributed by atoms with E-state index < -0.39 is 34.8 Å². The Morgan fingerprint density at radius 1 is 1.16 bits per heavy atom. The first-order valence-electron chi connectivity index (χ1n) is 7.50. The number of benzene rings is 1. The Morgan fingerprint density at radius 2 is 1.68 bits per heavy atom. The van der Waals surface area contributed by atoms with Crippen LogP contribution >= 0.6 is 0 Å². The summed E-state index contributed by atoms with van der Waals surface area (Å²) in [5.74, 6) is -1.06. The van der Waals surface area contributed by atoms with E-state index in [4.69, 9.17) is 9.31 Å². The molecule has 0 atom stereocenters. The van der Waals surface area contributed by atoms with Crippen molar-refractivity contribution in [1.29, 1.82) is 0 Å². The molecule has 1 fully saturated rings. The van der Waals surface area contributed by atoms with Crippen molar-refractivity contribution < 1.29 is 35.3 Å². The van der Waals surface area contributed by atoms with Gasteiger partial charge in [0.25, 0.3) is 0 Å². The zero-order valence-corrected chi connectivity index (χ0v) is 15.7.